The zero-order chi connectivity index (χ0) is 16.8. The van der Waals surface area contributed by atoms with Gasteiger partial charge in [-0.15, -0.1) is 6.58 Å². The lowest BCUT2D eigenvalue weighted by molar-refractivity contribution is -0.146. The van der Waals surface area contributed by atoms with Crippen LogP contribution in [-0.4, -0.2) is 36.3 Å². The van der Waals surface area contributed by atoms with Gasteiger partial charge in [0, 0.05) is 21.3 Å². The molecule has 0 aliphatic carbocycles. The highest BCUT2D eigenvalue weighted by Crippen LogP contribution is 2.18. The van der Waals surface area contributed by atoms with E-state index >= 15 is 0 Å². The molecule has 0 aromatic carbocycles. The number of hydrogen-bond donors (Lipinski definition) is 0. The maximum Gasteiger partial charge on any atom is 0.750 e. The third-order valence-corrected chi connectivity index (χ3v) is 5.63. The first kappa shape index (κ1) is 21.3. The minimum absolute atomic E-state index is 0.344. The van der Waals surface area contributed by atoms with Gasteiger partial charge < -0.3 is 17.7 Å². The van der Waals surface area contributed by atoms with Crippen molar-refractivity contribution in [1.82, 2.24) is 0 Å². The first-order valence-corrected chi connectivity index (χ1v) is 9.73. The number of carbonyl (C=O) groups excluding carboxylic acids is 1. The van der Waals surface area contributed by atoms with Crippen LogP contribution in [0.15, 0.2) is 12.7 Å². The molecule has 130 valence electrons. The van der Waals surface area contributed by atoms with Crippen molar-refractivity contribution in [2.75, 3.05) is 21.3 Å². The zero-order valence-electron chi connectivity index (χ0n) is 14.6. The highest BCUT2D eigenvalue weighted by molar-refractivity contribution is 6.55. The summed E-state index contributed by atoms with van der Waals surface area (Å²) < 4.78 is 20.6. The van der Waals surface area contributed by atoms with Crippen LogP contribution in [0.1, 0.15) is 58.3 Å². The molecule has 6 heteroatoms. The molecule has 0 rings (SSSR count). The van der Waals surface area contributed by atoms with Crippen molar-refractivity contribution in [3.05, 3.63) is 12.7 Å². The third-order valence-electron chi connectivity index (χ3n) is 3.68. The predicted molar refractivity (Wildman–Crippen MR) is 89.2 cm³/mol. The first-order chi connectivity index (χ1) is 10.6. The largest absolute Gasteiger partial charge is 0.750 e. The Labute approximate surface area is 136 Å². The fourth-order valence-corrected chi connectivity index (χ4v) is 3.37. The van der Waals surface area contributed by atoms with Gasteiger partial charge in [-0.25, -0.2) is 0 Å². The Balaban J connectivity index is 4.12. The van der Waals surface area contributed by atoms with Gasteiger partial charge in [0.2, 0.25) is 0 Å². The summed E-state index contributed by atoms with van der Waals surface area (Å²) in [6, 6.07) is 0. The van der Waals surface area contributed by atoms with E-state index in [1.54, 1.807) is 6.08 Å². The molecule has 0 amide bonds. The van der Waals surface area contributed by atoms with Crippen LogP contribution in [0.25, 0.3) is 0 Å². The highest BCUT2D eigenvalue weighted by Gasteiger charge is 2.47. The Bertz CT molecular complexity index is 297. The molecule has 0 saturated carbocycles. The Hall–Kier alpha value is -0.693. The van der Waals surface area contributed by atoms with E-state index in [1.807, 2.05) is 0 Å². The Morgan fingerprint density at radius 3 is 1.95 bits per heavy atom. The maximum atomic E-state index is 12.2. The lowest BCUT2D eigenvalue weighted by Gasteiger charge is -2.24. The smallest absolute Gasteiger partial charge is 0.451 e. The van der Waals surface area contributed by atoms with E-state index in [1.165, 1.54) is 53.4 Å². The molecule has 0 aliphatic rings. The van der Waals surface area contributed by atoms with Crippen molar-refractivity contribution in [3.63, 3.8) is 0 Å². The number of carbonyl (C=O) groups is 1. The average Bonchev–Trinajstić information content (AvgIpc) is 2.55. The Kier molecular flexibility index (Phi) is 12.4. The molecular formula is C16H32O5Si. The van der Waals surface area contributed by atoms with Gasteiger partial charge in [-0.05, 0) is 6.42 Å². The standard InChI is InChI=1S/C16H32O5Si/c1-6-8-9-10-11-12-13-14-15(7-2)16(17)21-22(18-3,19-4)20-5/h7,15H,2,6,8-14H2,1,3-5H3. The van der Waals surface area contributed by atoms with Gasteiger partial charge in [-0.3, -0.25) is 4.79 Å². The fraction of sp³-hybridized carbons (Fsp3) is 0.812. The van der Waals surface area contributed by atoms with Gasteiger partial charge >= 0.3 is 15.0 Å². The third kappa shape index (κ3) is 8.08. The molecule has 0 spiro atoms. The minimum Gasteiger partial charge on any atom is -0.451 e. The summed E-state index contributed by atoms with van der Waals surface area (Å²) in [5, 5.41) is 0. The van der Waals surface area contributed by atoms with Crippen LogP contribution in [0.3, 0.4) is 0 Å². The average molecular weight is 333 g/mol. The molecule has 1 atom stereocenters. The topological polar surface area (TPSA) is 54.0 Å². The van der Waals surface area contributed by atoms with Crippen LogP contribution in [0.2, 0.25) is 0 Å². The zero-order valence-corrected chi connectivity index (χ0v) is 15.6. The summed E-state index contributed by atoms with van der Waals surface area (Å²) in [4.78, 5) is 12.2. The molecule has 5 nitrogen and oxygen atoms in total. The molecule has 0 radical (unpaired) electrons. The second-order valence-corrected chi connectivity index (χ2v) is 7.71. The van der Waals surface area contributed by atoms with Crippen LogP contribution in [0, 0.1) is 5.92 Å². The SMILES string of the molecule is C=CC(CCCCCCCCC)C(=O)O[Si](OC)(OC)OC. The van der Waals surface area contributed by atoms with Gasteiger partial charge in [0.1, 0.15) is 0 Å². The first-order valence-electron chi connectivity index (χ1n) is 8.10. The van der Waals surface area contributed by atoms with Crippen LogP contribution in [-0.2, 0) is 22.5 Å². The van der Waals surface area contributed by atoms with Gasteiger partial charge in [0.25, 0.3) is 0 Å². The van der Waals surface area contributed by atoms with Gasteiger partial charge in [-0.2, -0.15) is 0 Å². The summed E-state index contributed by atoms with van der Waals surface area (Å²) in [5.74, 6) is -0.735. The molecule has 22 heavy (non-hydrogen) atoms. The maximum absolute atomic E-state index is 12.2. The molecule has 0 aromatic heterocycles. The lowest BCUT2D eigenvalue weighted by atomic mass is 10.0. The highest BCUT2D eigenvalue weighted by atomic mass is 28.4. The molecule has 0 aliphatic heterocycles. The van der Waals surface area contributed by atoms with Crippen molar-refractivity contribution >= 4 is 15.0 Å². The van der Waals surface area contributed by atoms with Crippen molar-refractivity contribution in [2.45, 2.75) is 58.3 Å². The Morgan fingerprint density at radius 1 is 1.00 bits per heavy atom. The van der Waals surface area contributed by atoms with E-state index < -0.39 is 15.0 Å². The number of rotatable bonds is 14. The second-order valence-electron chi connectivity index (χ2n) is 5.29. The summed E-state index contributed by atoms with van der Waals surface area (Å²) in [5.41, 5.74) is 0. The monoisotopic (exact) mass is 332 g/mol. The van der Waals surface area contributed by atoms with Crippen LogP contribution in [0.4, 0.5) is 0 Å². The van der Waals surface area contributed by atoms with E-state index in [0.29, 0.717) is 0 Å². The molecule has 0 N–H and O–H groups in total. The number of hydrogen-bond acceptors (Lipinski definition) is 5. The summed E-state index contributed by atoms with van der Waals surface area (Å²) in [6.45, 7) is 5.93. The van der Waals surface area contributed by atoms with Crippen LogP contribution in [0.5, 0.6) is 0 Å². The van der Waals surface area contributed by atoms with Crippen molar-refractivity contribution < 1.29 is 22.5 Å². The second kappa shape index (κ2) is 12.8. The quantitative estimate of drug-likeness (QED) is 0.275. The molecule has 0 aromatic rings. The van der Waals surface area contributed by atoms with E-state index in [2.05, 4.69) is 13.5 Å². The van der Waals surface area contributed by atoms with Gasteiger partial charge in [0.05, 0.1) is 5.92 Å². The van der Waals surface area contributed by atoms with Crippen molar-refractivity contribution in [2.24, 2.45) is 5.92 Å². The fourth-order valence-electron chi connectivity index (χ4n) is 2.23. The summed E-state index contributed by atoms with van der Waals surface area (Å²) in [6.07, 6.45) is 10.8. The molecule has 1 unspecified atom stereocenters. The number of unbranched alkanes of at least 4 members (excludes halogenated alkanes) is 6. The predicted octanol–water partition coefficient (Wildman–Crippen LogP) is 3.85. The molecular weight excluding hydrogens is 300 g/mol. The van der Waals surface area contributed by atoms with Crippen molar-refractivity contribution in [1.29, 1.82) is 0 Å². The van der Waals surface area contributed by atoms with Crippen LogP contribution < -0.4 is 0 Å². The Morgan fingerprint density at radius 2 is 1.50 bits per heavy atom. The van der Waals surface area contributed by atoms with E-state index in [0.717, 1.165) is 19.3 Å². The van der Waals surface area contributed by atoms with E-state index in [4.69, 9.17) is 17.7 Å². The van der Waals surface area contributed by atoms with Gasteiger partial charge in [0.15, 0.2) is 0 Å². The molecule has 0 saturated heterocycles. The minimum atomic E-state index is -3.33. The molecule has 0 bridgehead atoms. The normalized spacial score (nSPS) is 12.9. The molecule has 0 fully saturated rings. The van der Waals surface area contributed by atoms with Gasteiger partial charge in [-0.1, -0.05) is 57.9 Å². The van der Waals surface area contributed by atoms with Crippen molar-refractivity contribution in [3.8, 4) is 0 Å². The molecule has 0 heterocycles. The van der Waals surface area contributed by atoms with E-state index in [-0.39, 0.29) is 5.92 Å². The van der Waals surface area contributed by atoms with Crippen LogP contribution >= 0.6 is 0 Å². The summed E-state index contributed by atoms with van der Waals surface area (Å²) in [7, 11) is 0.899. The lowest BCUT2D eigenvalue weighted by Crippen LogP contribution is -2.49. The van der Waals surface area contributed by atoms with E-state index in [9.17, 15) is 4.79 Å². The summed E-state index contributed by atoms with van der Waals surface area (Å²) >= 11 is 0.